The molecule has 220 valence electrons. The van der Waals surface area contributed by atoms with Crippen molar-refractivity contribution in [2.45, 2.75) is 0 Å². The highest BCUT2D eigenvalue weighted by Gasteiger charge is 2.20. The lowest BCUT2D eigenvalue weighted by molar-refractivity contribution is 0.670. The zero-order chi connectivity index (χ0) is 31.2. The Balaban J connectivity index is 1.22. The summed E-state index contributed by atoms with van der Waals surface area (Å²) in [7, 11) is 0. The van der Waals surface area contributed by atoms with Crippen LogP contribution in [-0.4, -0.2) is 15.0 Å². The summed E-state index contributed by atoms with van der Waals surface area (Å²) in [6, 6.07) is 56.3. The number of rotatable bonds is 5. The maximum absolute atomic E-state index is 6.54. The Bertz CT molecular complexity index is 2550. The molecule has 0 fully saturated rings. The molecule has 0 atom stereocenters. The van der Waals surface area contributed by atoms with Crippen LogP contribution >= 0.6 is 0 Å². The van der Waals surface area contributed by atoms with Gasteiger partial charge in [-0.1, -0.05) is 140 Å². The van der Waals surface area contributed by atoms with E-state index in [1.165, 1.54) is 16.3 Å². The SMILES string of the molecule is c1ccc(-c2nc(-c3ccc(-c4ccc5ccccc5c4)cc3)nc(-c3ccc(-c4ccccc4)c4oc5ccccc5c34)n2)cc1. The molecule has 2 heterocycles. The fourth-order valence-electron chi connectivity index (χ4n) is 6.38. The van der Waals surface area contributed by atoms with Gasteiger partial charge >= 0.3 is 0 Å². The summed E-state index contributed by atoms with van der Waals surface area (Å²) >= 11 is 0. The lowest BCUT2D eigenvalue weighted by Crippen LogP contribution is -2.00. The van der Waals surface area contributed by atoms with Crippen LogP contribution in [0.1, 0.15) is 0 Å². The number of aromatic nitrogens is 3. The molecule has 0 unspecified atom stereocenters. The zero-order valence-corrected chi connectivity index (χ0v) is 25.3. The van der Waals surface area contributed by atoms with Crippen molar-refractivity contribution >= 4 is 32.7 Å². The third-order valence-corrected chi connectivity index (χ3v) is 8.75. The summed E-state index contributed by atoms with van der Waals surface area (Å²) in [5, 5.41) is 4.47. The highest BCUT2D eigenvalue weighted by atomic mass is 16.3. The predicted octanol–water partition coefficient (Wildman–Crippen LogP) is 11.3. The van der Waals surface area contributed by atoms with Crippen LogP contribution in [0.5, 0.6) is 0 Å². The number of fused-ring (bicyclic) bond motifs is 4. The molecule has 0 radical (unpaired) electrons. The van der Waals surface area contributed by atoms with Gasteiger partial charge in [-0.15, -0.1) is 0 Å². The first-order valence-electron chi connectivity index (χ1n) is 15.7. The van der Waals surface area contributed by atoms with Gasteiger partial charge in [0.1, 0.15) is 11.2 Å². The van der Waals surface area contributed by atoms with Crippen LogP contribution in [0.4, 0.5) is 0 Å². The number of benzene rings is 7. The van der Waals surface area contributed by atoms with E-state index < -0.39 is 0 Å². The monoisotopic (exact) mass is 601 g/mol. The quantitative estimate of drug-likeness (QED) is 0.197. The summed E-state index contributed by atoms with van der Waals surface area (Å²) in [4.78, 5) is 15.2. The first kappa shape index (κ1) is 27.0. The van der Waals surface area contributed by atoms with Gasteiger partial charge in [0.25, 0.3) is 0 Å². The van der Waals surface area contributed by atoms with Gasteiger partial charge in [0.15, 0.2) is 17.5 Å². The Morgan fingerprint density at radius 3 is 1.68 bits per heavy atom. The molecule has 0 amide bonds. The van der Waals surface area contributed by atoms with E-state index in [2.05, 4.69) is 97.1 Å². The van der Waals surface area contributed by atoms with Crippen LogP contribution in [0.2, 0.25) is 0 Å². The van der Waals surface area contributed by atoms with Crippen molar-refractivity contribution in [2.24, 2.45) is 0 Å². The molecule has 0 N–H and O–H groups in total. The van der Waals surface area contributed by atoms with E-state index >= 15 is 0 Å². The van der Waals surface area contributed by atoms with E-state index in [0.29, 0.717) is 17.5 Å². The summed E-state index contributed by atoms with van der Waals surface area (Å²) in [5.41, 5.74) is 8.83. The van der Waals surface area contributed by atoms with E-state index in [9.17, 15) is 0 Å². The molecule has 0 saturated heterocycles. The molecular formula is C43H27N3O. The van der Waals surface area contributed by atoms with Gasteiger partial charge in [0.05, 0.1) is 0 Å². The summed E-state index contributed by atoms with van der Waals surface area (Å²) in [6.07, 6.45) is 0. The third kappa shape index (κ3) is 4.84. The van der Waals surface area contributed by atoms with E-state index in [-0.39, 0.29) is 0 Å². The maximum atomic E-state index is 6.54. The van der Waals surface area contributed by atoms with Crippen LogP contribution in [0, 0.1) is 0 Å². The number of nitrogens with zero attached hydrogens (tertiary/aromatic N) is 3. The lowest BCUT2D eigenvalue weighted by Gasteiger charge is -2.11. The molecule has 0 spiro atoms. The minimum atomic E-state index is 0.601. The zero-order valence-electron chi connectivity index (χ0n) is 25.3. The molecule has 9 aromatic rings. The van der Waals surface area contributed by atoms with E-state index in [4.69, 9.17) is 19.4 Å². The van der Waals surface area contributed by atoms with Crippen molar-refractivity contribution in [1.82, 2.24) is 15.0 Å². The van der Waals surface area contributed by atoms with Crippen molar-refractivity contribution in [3.8, 4) is 56.4 Å². The van der Waals surface area contributed by atoms with E-state index in [1.807, 2.05) is 66.7 Å². The first-order chi connectivity index (χ1) is 23.3. The molecule has 4 nitrogen and oxygen atoms in total. The topological polar surface area (TPSA) is 51.8 Å². The van der Waals surface area contributed by atoms with E-state index in [1.54, 1.807) is 0 Å². The minimum Gasteiger partial charge on any atom is -0.455 e. The van der Waals surface area contributed by atoms with Gasteiger partial charge in [-0.05, 0) is 51.7 Å². The number of furan rings is 1. The predicted molar refractivity (Wildman–Crippen MR) is 192 cm³/mol. The fourth-order valence-corrected chi connectivity index (χ4v) is 6.38. The first-order valence-corrected chi connectivity index (χ1v) is 15.7. The molecule has 0 aliphatic rings. The maximum Gasteiger partial charge on any atom is 0.164 e. The van der Waals surface area contributed by atoms with Gasteiger partial charge in [0.2, 0.25) is 0 Å². The Kier molecular flexibility index (Phi) is 6.43. The van der Waals surface area contributed by atoms with Crippen LogP contribution in [0.25, 0.3) is 89.1 Å². The Morgan fingerprint density at radius 2 is 0.915 bits per heavy atom. The van der Waals surface area contributed by atoms with E-state index in [0.717, 1.165) is 55.3 Å². The lowest BCUT2D eigenvalue weighted by atomic mass is 9.98. The van der Waals surface area contributed by atoms with Crippen molar-refractivity contribution in [3.63, 3.8) is 0 Å². The summed E-state index contributed by atoms with van der Waals surface area (Å²) in [5.74, 6) is 1.84. The number of hydrogen-bond acceptors (Lipinski definition) is 4. The minimum absolute atomic E-state index is 0.601. The Labute approximate surface area is 271 Å². The molecular weight excluding hydrogens is 574 g/mol. The second-order valence-electron chi connectivity index (χ2n) is 11.6. The normalized spacial score (nSPS) is 11.4. The van der Waals surface area contributed by atoms with Gasteiger partial charge in [-0.2, -0.15) is 0 Å². The number of hydrogen-bond donors (Lipinski definition) is 0. The highest BCUT2D eigenvalue weighted by molar-refractivity contribution is 6.15. The molecule has 2 aromatic heterocycles. The molecule has 9 rings (SSSR count). The van der Waals surface area contributed by atoms with Gasteiger partial charge in [-0.3, -0.25) is 0 Å². The van der Waals surface area contributed by atoms with Crippen molar-refractivity contribution < 1.29 is 4.42 Å². The van der Waals surface area contributed by atoms with Gasteiger partial charge < -0.3 is 4.42 Å². The largest absolute Gasteiger partial charge is 0.455 e. The van der Waals surface area contributed by atoms with Gasteiger partial charge in [0, 0.05) is 33.0 Å². The van der Waals surface area contributed by atoms with Crippen LogP contribution in [0.3, 0.4) is 0 Å². The Hall–Kier alpha value is -6.39. The molecule has 4 heteroatoms. The highest BCUT2D eigenvalue weighted by Crippen LogP contribution is 2.41. The molecule has 0 aliphatic heterocycles. The molecule has 7 aromatic carbocycles. The molecule has 0 saturated carbocycles. The van der Waals surface area contributed by atoms with Crippen molar-refractivity contribution in [1.29, 1.82) is 0 Å². The second-order valence-corrected chi connectivity index (χ2v) is 11.6. The average molecular weight is 602 g/mol. The van der Waals surface area contributed by atoms with Crippen molar-refractivity contribution in [2.75, 3.05) is 0 Å². The van der Waals surface area contributed by atoms with Crippen LogP contribution in [0.15, 0.2) is 168 Å². The fraction of sp³-hybridized carbons (Fsp3) is 0. The van der Waals surface area contributed by atoms with Gasteiger partial charge in [-0.25, -0.2) is 15.0 Å². The van der Waals surface area contributed by atoms with Crippen molar-refractivity contribution in [3.05, 3.63) is 164 Å². The third-order valence-electron chi connectivity index (χ3n) is 8.75. The summed E-state index contributed by atoms with van der Waals surface area (Å²) in [6.45, 7) is 0. The van der Waals surface area contributed by atoms with Crippen LogP contribution < -0.4 is 0 Å². The van der Waals surface area contributed by atoms with Crippen LogP contribution in [-0.2, 0) is 0 Å². The molecule has 0 aliphatic carbocycles. The Morgan fingerprint density at radius 1 is 0.362 bits per heavy atom. The number of para-hydroxylation sites is 1. The standard InChI is InChI=1S/C43H27N3O/c1-3-12-30(13-4-1)35-25-26-37(39-36-17-9-10-18-38(36)47-40(35)39)43-45-41(31-14-5-2-6-15-31)44-42(46-43)32-22-19-29(20-23-32)34-24-21-28-11-7-8-16-33(28)27-34/h1-27H. The smallest absolute Gasteiger partial charge is 0.164 e. The average Bonchev–Trinajstić information content (AvgIpc) is 3.55. The molecule has 0 bridgehead atoms. The molecule has 47 heavy (non-hydrogen) atoms. The second kappa shape index (κ2) is 11.2. The summed E-state index contributed by atoms with van der Waals surface area (Å²) < 4.78 is 6.54.